The molecule has 20 heavy (non-hydrogen) atoms. The number of aliphatic hydroxyl groups excluding tert-OH is 1. The van der Waals surface area contributed by atoms with Gasteiger partial charge in [-0.2, -0.15) is 0 Å². The van der Waals surface area contributed by atoms with Crippen molar-refractivity contribution in [3.63, 3.8) is 0 Å². The van der Waals surface area contributed by atoms with E-state index in [-0.39, 0.29) is 5.56 Å². The number of aliphatic hydroxyl groups is 1. The lowest BCUT2D eigenvalue weighted by Crippen LogP contribution is -2.06. The number of rotatable bonds is 2. The lowest BCUT2D eigenvalue weighted by Gasteiger charge is -2.15. The van der Waals surface area contributed by atoms with Gasteiger partial charge in [-0.25, -0.2) is 8.78 Å². The first-order valence-electron chi connectivity index (χ1n) is 6.04. The zero-order valence-electron chi connectivity index (χ0n) is 10.3. The molecule has 1 N–H and O–H groups in total. The normalized spacial score (nSPS) is 12.6. The minimum Gasteiger partial charge on any atom is -0.383 e. The number of fused-ring (bicyclic) bond motifs is 1. The smallest absolute Gasteiger partial charge is 0.132 e. The Morgan fingerprint density at radius 3 is 2.60 bits per heavy atom. The lowest BCUT2D eigenvalue weighted by atomic mass is 9.96. The molecular formula is C16H10F2NO. The van der Waals surface area contributed by atoms with Gasteiger partial charge in [0.15, 0.2) is 0 Å². The number of aromatic nitrogens is 1. The zero-order valence-corrected chi connectivity index (χ0v) is 10.3. The molecule has 2 nitrogen and oxygen atoms in total. The van der Waals surface area contributed by atoms with Crippen molar-refractivity contribution in [1.82, 2.24) is 4.98 Å². The van der Waals surface area contributed by atoms with Gasteiger partial charge in [-0.1, -0.05) is 18.2 Å². The monoisotopic (exact) mass is 270 g/mol. The van der Waals surface area contributed by atoms with Gasteiger partial charge >= 0.3 is 0 Å². The summed E-state index contributed by atoms with van der Waals surface area (Å²) < 4.78 is 27.5. The first-order chi connectivity index (χ1) is 9.68. The van der Waals surface area contributed by atoms with Crippen LogP contribution < -0.4 is 0 Å². The molecule has 1 atom stereocenters. The summed E-state index contributed by atoms with van der Waals surface area (Å²) in [5, 5.41) is 11.8. The maximum Gasteiger partial charge on any atom is 0.132 e. The van der Waals surface area contributed by atoms with Crippen LogP contribution in [-0.2, 0) is 0 Å². The number of pyridine rings is 1. The standard InChI is InChI=1S/C16H10F2NO/c17-13-5-2-6-14(18)15(13)16(20)12-4-1-3-10-9-19-8-7-11(10)12/h1,3-9,16,20H. The molecule has 0 spiro atoms. The summed E-state index contributed by atoms with van der Waals surface area (Å²) in [6.07, 6.45) is 1.83. The minimum absolute atomic E-state index is 0.368. The Bertz CT molecular complexity index is 748. The van der Waals surface area contributed by atoms with Crippen molar-refractivity contribution in [2.75, 3.05) is 0 Å². The third kappa shape index (κ3) is 2.04. The number of hydrogen-bond acceptors (Lipinski definition) is 2. The van der Waals surface area contributed by atoms with Crippen LogP contribution in [0.4, 0.5) is 8.78 Å². The molecule has 0 saturated heterocycles. The van der Waals surface area contributed by atoms with Gasteiger partial charge in [-0.05, 0) is 35.2 Å². The molecule has 0 aliphatic heterocycles. The van der Waals surface area contributed by atoms with Crippen LogP contribution in [0.3, 0.4) is 0 Å². The highest BCUT2D eigenvalue weighted by atomic mass is 19.1. The largest absolute Gasteiger partial charge is 0.383 e. The van der Waals surface area contributed by atoms with E-state index in [2.05, 4.69) is 11.1 Å². The number of benzene rings is 2. The van der Waals surface area contributed by atoms with Crippen LogP contribution in [0.15, 0.2) is 48.8 Å². The molecule has 1 radical (unpaired) electrons. The molecule has 3 rings (SSSR count). The molecule has 0 amide bonds. The van der Waals surface area contributed by atoms with E-state index in [1.807, 2.05) is 6.07 Å². The first-order valence-corrected chi connectivity index (χ1v) is 6.04. The molecule has 0 aliphatic rings. The quantitative estimate of drug-likeness (QED) is 0.774. The Morgan fingerprint density at radius 1 is 1.10 bits per heavy atom. The minimum atomic E-state index is -1.38. The fourth-order valence-corrected chi connectivity index (χ4v) is 2.26. The van der Waals surface area contributed by atoms with Crippen LogP contribution in [0.2, 0.25) is 0 Å². The topological polar surface area (TPSA) is 33.1 Å². The van der Waals surface area contributed by atoms with Crippen molar-refractivity contribution in [3.8, 4) is 0 Å². The highest BCUT2D eigenvalue weighted by Crippen LogP contribution is 2.31. The Labute approximate surface area is 114 Å². The van der Waals surface area contributed by atoms with Gasteiger partial charge in [0, 0.05) is 17.8 Å². The fraction of sp³-hybridized carbons (Fsp3) is 0.0625. The van der Waals surface area contributed by atoms with Gasteiger partial charge in [0.25, 0.3) is 0 Å². The molecule has 4 heteroatoms. The number of nitrogens with zero attached hydrogens (tertiary/aromatic N) is 1. The summed E-state index contributed by atoms with van der Waals surface area (Å²) >= 11 is 0. The molecule has 1 unspecified atom stereocenters. The second-order valence-corrected chi connectivity index (χ2v) is 4.41. The number of halogens is 2. The number of hydrogen-bond donors (Lipinski definition) is 1. The molecule has 0 fully saturated rings. The molecule has 2 aromatic carbocycles. The van der Waals surface area contributed by atoms with Crippen molar-refractivity contribution in [3.05, 3.63) is 77.6 Å². The predicted octanol–water partition coefficient (Wildman–Crippen LogP) is 3.39. The fourth-order valence-electron chi connectivity index (χ4n) is 2.26. The van der Waals surface area contributed by atoms with E-state index in [0.29, 0.717) is 10.9 Å². The third-order valence-electron chi connectivity index (χ3n) is 3.22. The molecule has 99 valence electrons. The summed E-state index contributed by atoms with van der Waals surface area (Å²) in [5.41, 5.74) is 0.0713. The van der Waals surface area contributed by atoms with Gasteiger partial charge in [-0.3, -0.25) is 4.98 Å². The highest BCUT2D eigenvalue weighted by molar-refractivity contribution is 5.85. The molecule has 0 saturated carbocycles. The molecule has 0 bridgehead atoms. The third-order valence-corrected chi connectivity index (χ3v) is 3.22. The maximum absolute atomic E-state index is 13.7. The molecule has 1 aromatic heterocycles. The zero-order chi connectivity index (χ0) is 14.1. The van der Waals surface area contributed by atoms with Crippen molar-refractivity contribution >= 4 is 10.8 Å². The second-order valence-electron chi connectivity index (χ2n) is 4.41. The van der Waals surface area contributed by atoms with Crippen LogP contribution in [-0.4, -0.2) is 10.1 Å². The molecule has 1 heterocycles. The molecular weight excluding hydrogens is 260 g/mol. The lowest BCUT2D eigenvalue weighted by molar-refractivity contribution is 0.210. The van der Waals surface area contributed by atoms with Crippen LogP contribution in [0.5, 0.6) is 0 Å². The Kier molecular flexibility index (Phi) is 3.16. The van der Waals surface area contributed by atoms with Crippen LogP contribution >= 0.6 is 0 Å². The van der Waals surface area contributed by atoms with Gasteiger partial charge in [0.2, 0.25) is 0 Å². The van der Waals surface area contributed by atoms with E-state index >= 15 is 0 Å². The van der Waals surface area contributed by atoms with E-state index in [9.17, 15) is 13.9 Å². The maximum atomic E-state index is 13.7. The van der Waals surface area contributed by atoms with E-state index in [1.54, 1.807) is 30.6 Å². The Balaban J connectivity index is 2.21. The Hall–Kier alpha value is -2.33. The Morgan fingerprint density at radius 2 is 1.85 bits per heavy atom. The molecule has 3 aromatic rings. The van der Waals surface area contributed by atoms with E-state index in [4.69, 9.17) is 0 Å². The van der Waals surface area contributed by atoms with Crippen LogP contribution in [0, 0.1) is 17.7 Å². The van der Waals surface area contributed by atoms with Gasteiger partial charge in [0.1, 0.15) is 17.7 Å². The summed E-state index contributed by atoms with van der Waals surface area (Å²) in [4.78, 5) is 3.99. The van der Waals surface area contributed by atoms with Gasteiger partial charge in [0.05, 0.1) is 5.56 Å². The van der Waals surface area contributed by atoms with Crippen molar-refractivity contribution < 1.29 is 13.9 Å². The van der Waals surface area contributed by atoms with E-state index in [1.165, 1.54) is 0 Å². The van der Waals surface area contributed by atoms with Gasteiger partial charge < -0.3 is 5.11 Å². The van der Waals surface area contributed by atoms with Crippen molar-refractivity contribution in [1.29, 1.82) is 0 Å². The average molecular weight is 270 g/mol. The van der Waals surface area contributed by atoms with Gasteiger partial charge in [-0.15, -0.1) is 0 Å². The summed E-state index contributed by atoms with van der Waals surface area (Å²) in [6.45, 7) is 0. The van der Waals surface area contributed by atoms with Crippen LogP contribution in [0.25, 0.3) is 10.8 Å². The van der Waals surface area contributed by atoms with Crippen molar-refractivity contribution in [2.45, 2.75) is 6.10 Å². The summed E-state index contributed by atoms with van der Waals surface area (Å²) in [5.74, 6) is -1.63. The second kappa shape index (κ2) is 4.98. The predicted molar refractivity (Wildman–Crippen MR) is 71.0 cm³/mol. The highest BCUT2D eigenvalue weighted by Gasteiger charge is 2.21. The summed E-state index contributed by atoms with van der Waals surface area (Å²) in [7, 11) is 0. The molecule has 0 aliphatic carbocycles. The first kappa shape index (κ1) is 12.7. The van der Waals surface area contributed by atoms with Crippen molar-refractivity contribution in [2.24, 2.45) is 0 Å². The summed E-state index contributed by atoms with van der Waals surface area (Å²) in [6, 6.07) is 11.2. The average Bonchev–Trinajstić information content (AvgIpc) is 2.46. The van der Waals surface area contributed by atoms with E-state index < -0.39 is 17.7 Å². The SMILES string of the molecule is OC(c1c(F)c[c]cc1F)c1cccc2cnccc12. The van der Waals surface area contributed by atoms with Crippen LogP contribution in [0.1, 0.15) is 17.2 Å². The van der Waals surface area contributed by atoms with E-state index in [0.717, 1.165) is 17.5 Å².